The Morgan fingerprint density at radius 1 is 1.25 bits per heavy atom. The van der Waals surface area contributed by atoms with Crippen LogP contribution in [-0.4, -0.2) is 79.1 Å². The molecular weight excluding hydrogens is 308 g/mol. The summed E-state index contributed by atoms with van der Waals surface area (Å²) in [4.78, 5) is 16.3. The molecule has 0 aliphatic carbocycles. The van der Waals surface area contributed by atoms with Crippen molar-refractivity contribution in [2.45, 2.75) is 64.8 Å². The minimum Gasteiger partial charge on any atom is -0.444 e. The molecule has 140 valence electrons. The zero-order chi connectivity index (χ0) is 17.8. The van der Waals surface area contributed by atoms with Crippen molar-refractivity contribution in [3.05, 3.63) is 0 Å². The third kappa shape index (κ3) is 5.90. The number of ether oxygens (including phenoxy) is 3. The molecule has 1 unspecified atom stereocenters. The van der Waals surface area contributed by atoms with Crippen LogP contribution in [0.5, 0.6) is 0 Å². The SMILES string of the molecule is CCN1CCOC(COC2(C)CCN(C(=O)OC(C)(C)C)CC2)C1. The molecule has 2 fully saturated rings. The Kier molecular flexibility index (Phi) is 6.51. The third-order valence-corrected chi connectivity index (χ3v) is 4.76. The van der Waals surface area contributed by atoms with E-state index in [1.807, 2.05) is 20.8 Å². The van der Waals surface area contributed by atoms with Crippen molar-refractivity contribution >= 4 is 6.09 Å². The maximum Gasteiger partial charge on any atom is 0.410 e. The summed E-state index contributed by atoms with van der Waals surface area (Å²) >= 11 is 0. The molecule has 0 aromatic carbocycles. The van der Waals surface area contributed by atoms with E-state index >= 15 is 0 Å². The number of rotatable bonds is 4. The van der Waals surface area contributed by atoms with E-state index in [-0.39, 0.29) is 17.8 Å². The van der Waals surface area contributed by atoms with Gasteiger partial charge >= 0.3 is 6.09 Å². The number of amides is 1. The van der Waals surface area contributed by atoms with Gasteiger partial charge < -0.3 is 19.1 Å². The zero-order valence-corrected chi connectivity index (χ0v) is 16.0. The van der Waals surface area contributed by atoms with Crippen molar-refractivity contribution in [2.75, 3.05) is 45.9 Å². The van der Waals surface area contributed by atoms with Crippen molar-refractivity contribution < 1.29 is 19.0 Å². The highest BCUT2D eigenvalue weighted by Gasteiger charge is 2.35. The molecule has 2 heterocycles. The Balaban J connectivity index is 1.74. The van der Waals surface area contributed by atoms with E-state index in [1.54, 1.807) is 4.90 Å². The predicted molar refractivity (Wildman–Crippen MR) is 93.3 cm³/mol. The summed E-state index contributed by atoms with van der Waals surface area (Å²) in [6, 6.07) is 0. The number of nitrogens with zero attached hydrogens (tertiary/aromatic N) is 2. The number of hydrogen-bond donors (Lipinski definition) is 0. The predicted octanol–water partition coefficient (Wildman–Crippen LogP) is 2.51. The summed E-state index contributed by atoms with van der Waals surface area (Å²) < 4.78 is 17.5. The molecule has 6 heteroatoms. The average Bonchev–Trinajstić information content (AvgIpc) is 2.52. The van der Waals surface area contributed by atoms with Crippen molar-refractivity contribution in [1.82, 2.24) is 9.80 Å². The van der Waals surface area contributed by atoms with Gasteiger partial charge in [-0.3, -0.25) is 4.90 Å². The lowest BCUT2D eigenvalue weighted by molar-refractivity contribution is -0.128. The van der Waals surface area contributed by atoms with Crippen molar-refractivity contribution in [2.24, 2.45) is 0 Å². The van der Waals surface area contributed by atoms with Gasteiger partial charge in [0.1, 0.15) is 5.60 Å². The molecule has 2 rings (SSSR count). The van der Waals surface area contributed by atoms with Gasteiger partial charge in [-0.2, -0.15) is 0 Å². The smallest absolute Gasteiger partial charge is 0.410 e. The number of likely N-dealkylation sites (N-methyl/N-ethyl adjacent to an activating group) is 1. The zero-order valence-electron chi connectivity index (χ0n) is 16.0. The monoisotopic (exact) mass is 342 g/mol. The van der Waals surface area contributed by atoms with Gasteiger partial charge in [0.15, 0.2) is 0 Å². The van der Waals surface area contributed by atoms with E-state index in [0.717, 1.165) is 39.1 Å². The van der Waals surface area contributed by atoms with Crippen LogP contribution < -0.4 is 0 Å². The number of morpholine rings is 1. The van der Waals surface area contributed by atoms with Crippen molar-refractivity contribution in [1.29, 1.82) is 0 Å². The first-order valence-electron chi connectivity index (χ1n) is 9.17. The van der Waals surface area contributed by atoms with Gasteiger partial charge in [-0.25, -0.2) is 4.79 Å². The van der Waals surface area contributed by atoms with Crippen LogP contribution in [0.15, 0.2) is 0 Å². The first kappa shape index (κ1) is 19.5. The van der Waals surface area contributed by atoms with Gasteiger partial charge in [0, 0.05) is 26.2 Å². The number of carbonyl (C=O) groups is 1. The van der Waals surface area contributed by atoms with Crippen LogP contribution in [0.1, 0.15) is 47.5 Å². The number of hydrogen-bond acceptors (Lipinski definition) is 5. The van der Waals surface area contributed by atoms with Gasteiger partial charge in [0.25, 0.3) is 0 Å². The fourth-order valence-corrected chi connectivity index (χ4v) is 3.10. The Morgan fingerprint density at radius 2 is 1.92 bits per heavy atom. The highest BCUT2D eigenvalue weighted by molar-refractivity contribution is 5.68. The summed E-state index contributed by atoms with van der Waals surface area (Å²) in [5.74, 6) is 0. The molecule has 0 bridgehead atoms. The maximum absolute atomic E-state index is 12.1. The Labute approximate surface area is 146 Å². The quantitative estimate of drug-likeness (QED) is 0.786. The highest BCUT2D eigenvalue weighted by atomic mass is 16.6. The summed E-state index contributed by atoms with van der Waals surface area (Å²) in [6.07, 6.45) is 1.59. The molecule has 1 atom stereocenters. The molecule has 0 N–H and O–H groups in total. The molecule has 6 nitrogen and oxygen atoms in total. The average molecular weight is 342 g/mol. The van der Waals surface area contributed by atoms with Crippen LogP contribution in [0.3, 0.4) is 0 Å². The first-order chi connectivity index (χ1) is 11.2. The highest BCUT2D eigenvalue weighted by Crippen LogP contribution is 2.27. The largest absolute Gasteiger partial charge is 0.444 e. The second kappa shape index (κ2) is 8.02. The lowest BCUT2D eigenvalue weighted by Gasteiger charge is -2.41. The lowest BCUT2D eigenvalue weighted by Crippen LogP contribution is -2.50. The van der Waals surface area contributed by atoms with Crippen LogP contribution in [0.4, 0.5) is 4.79 Å². The molecule has 0 spiro atoms. The fraction of sp³-hybridized carbons (Fsp3) is 0.944. The van der Waals surface area contributed by atoms with Gasteiger partial charge in [-0.15, -0.1) is 0 Å². The molecule has 1 amide bonds. The Bertz CT molecular complexity index is 414. The molecule has 0 aromatic rings. The van der Waals surface area contributed by atoms with E-state index in [1.165, 1.54) is 0 Å². The lowest BCUT2D eigenvalue weighted by atomic mass is 9.93. The third-order valence-electron chi connectivity index (χ3n) is 4.76. The van der Waals surface area contributed by atoms with Crippen LogP contribution >= 0.6 is 0 Å². The molecule has 0 saturated carbocycles. The molecule has 24 heavy (non-hydrogen) atoms. The Morgan fingerprint density at radius 3 is 2.50 bits per heavy atom. The second-order valence-corrected chi connectivity index (χ2v) is 8.11. The van der Waals surface area contributed by atoms with Gasteiger partial charge in [0.2, 0.25) is 0 Å². The fourth-order valence-electron chi connectivity index (χ4n) is 3.10. The summed E-state index contributed by atoms with van der Waals surface area (Å²) in [5, 5.41) is 0. The van der Waals surface area contributed by atoms with E-state index in [0.29, 0.717) is 19.7 Å². The van der Waals surface area contributed by atoms with Crippen LogP contribution in [-0.2, 0) is 14.2 Å². The van der Waals surface area contributed by atoms with Crippen molar-refractivity contribution in [3.63, 3.8) is 0 Å². The topological polar surface area (TPSA) is 51.2 Å². The summed E-state index contributed by atoms with van der Waals surface area (Å²) in [5.41, 5.74) is -0.631. The van der Waals surface area contributed by atoms with Gasteiger partial charge in [-0.1, -0.05) is 6.92 Å². The first-order valence-corrected chi connectivity index (χ1v) is 9.17. The number of likely N-dealkylation sites (tertiary alicyclic amines) is 1. The standard InChI is InChI=1S/C18H34N2O4/c1-6-19-11-12-22-15(13-19)14-23-18(5)7-9-20(10-8-18)16(21)24-17(2,3)4/h15H,6-14H2,1-5H3. The summed E-state index contributed by atoms with van der Waals surface area (Å²) in [6.45, 7) is 15.8. The van der Waals surface area contributed by atoms with Crippen LogP contribution in [0.2, 0.25) is 0 Å². The normalized spacial score (nSPS) is 25.5. The second-order valence-electron chi connectivity index (χ2n) is 8.11. The Hall–Kier alpha value is -0.850. The maximum atomic E-state index is 12.1. The van der Waals surface area contributed by atoms with Crippen molar-refractivity contribution in [3.8, 4) is 0 Å². The van der Waals surface area contributed by atoms with Crippen LogP contribution in [0, 0.1) is 0 Å². The molecule has 2 aliphatic heterocycles. The van der Waals surface area contributed by atoms with Gasteiger partial charge in [-0.05, 0) is 47.1 Å². The molecule has 0 radical (unpaired) electrons. The number of carbonyl (C=O) groups excluding carboxylic acids is 1. The molecule has 0 aromatic heterocycles. The van der Waals surface area contributed by atoms with Gasteiger partial charge in [0.05, 0.1) is 24.9 Å². The molecule has 2 aliphatic rings. The van der Waals surface area contributed by atoms with E-state index in [9.17, 15) is 4.79 Å². The van der Waals surface area contributed by atoms with Crippen LogP contribution in [0.25, 0.3) is 0 Å². The van der Waals surface area contributed by atoms with E-state index in [4.69, 9.17) is 14.2 Å². The minimum atomic E-state index is -0.447. The summed E-state index contributed by atoms with van der Waals surface area (Å²) in [7, 11) is 0. The molecular formula is C18H34N2O4. The van der Waals surface area contributed by atoms with E-state index in [2.05, 4.69) is 18.7 Å². The minimum absolute atomic E-state index is 0.152. The number of piperidine rings is 1. The molecule has 2 saturated heterocycles. The van der Waals surface area contributed by atoms with E-state index < -0.39 is 5.60 Å².